The van der Waals surface area contributed by atoms with E-state index in [1.807, 2.05) is 0 Å². The molecule has 0 unspecified atom stereocenters. The molecule has 0 spiro atoms. The van der Waals surface area contributed by atoms with E-state index in [0.717, 1.165) is 18.2 Å². The zero-order valence-electron chi connectivity index (χ0n) is 4.70. The van der Waals surface area contributed by atoms with Crippen molar-refractivity contribution in [2.75, 3.05) is 0 Å². The minimum absolute atomic E-state index is 1.09. The van der Waals surface area contributed by atoms with Gasteiger partial charge in [0.05, 0.1) is 0 Å². The second-order valence-corrected chi connectivity index (χ2v) is 1.39. The summed E-state index contributed by atoms with van der Waals surface area (Å²) in [5.41, 5.74) is -2.54. The molecule has 0 aliphatic carbocycles. The summed E-state index contributed by atoms with van der Waals surface area (Å²) in [6.07, 6.45) is 0. The number of carboxylic acid groups (broad SMARTS) is 1. The number of nitriles is 3. The molecule has 0 radical (unpaired) electrons. The van der Waals surface area contributed by atoms with Crippen LogP contribution in [0.25, 0.3) is 0 Å². The molecule has 10 heavy (non-hydrogen) atoms. The van der Waals surface area contributed by atoms with E-state index in [1.165, 1.54) is 0 Å². The molecule has 5 heteroatoms. The standard InChI is InChI=1S/C5HN3O2/c6-1-5(2-7,3-8)4(9)10/h(H,9,10). The van der Waals surface area contributed by atoms with E-state index >= 15 is 0 Å². The van der Waals surface area contributed by atoms with Crippen LogP contribution < -0.4 is 0 Å². The van der Waals surface area contributed by atoms with Crippen LogP contribution in [0.2, 0.25) is 0 Å². The molecule has 0 aromatic rings. The first kappa shape index (κ1) is 7.94. The molecule has 0 aliphatic heterocycles. The van der Waals surface area contributed by atoms with Gasteiger partial charge >= 0.3 is 11.4 Å². The van der Waals surface area contributed by atoms with E-state index in [9.17, 15) is 4.79 Å². The molecule has 0 atom stereocenters. The molecule has 0 aromatic carbocycles. The molecule has 1 N–H and O–H groups in total. The third-order valence-corrected chi connectivity index (χ3v) is 0.824. The third kappa shape index (κ3) is 0.866. The summed E-state index contributed by atoms with van der Waals surface area (Å²) in [7, 11) is 0. The zero-order chi connectivity index (χ0) is 8.20. The number of rotatable bonds is 1. The van der Waals surface area contributed by atoms with Crippen molar-refractivity contribution in [3.8, 4) is 18.2 Å². The molecule has 0 amide bonds. The number of aliphatic carboxylic acids is 1. The Bertz CT molecular complexity index is 239. The van der Waals surface area contributed by atoms with Crippen molar-refractivity contribution >= 4 is 5.97 Å². The monoisotopic (exact) mass is 135 g/mol. The largest absolute Gasteiger partial charge is 0.478 e. The van der Waals surface area contributed by atoms with Crippen LogP contribution in [0.3, 0.4) is 0 Å². The first-order chi connectivity index (χ1) is 4.63. The molecule has 0 aliphatic rings. The van der Waals surface area contributed by atoms with Gasteiger partial charge in [-0.2, -0.15) is 15.8 Å². The van der Waals surface area contributed by atoms with Gasteiger partial charge in [-0.3, -0.25) is 0 Å². The summed E-state index contributed by atoms with van der Waals surface area (Å²) >= 11 is 0. The van der Waals surface area contributed by atoms with Crippen LogP contribution >= 0.6 is 0 Å². The molecule has 0 saturated heterocycles. The average Bonchev–Trinajstić information content (AvgIpc) is 1.92. The lowest BCUT2D eigenvalue weighted by atomic mass is 9.95. The Morgan fingerprint density at radius 2 is 1.50 bits per heavy atom. The Morgan fingerprint density at radius 3 is 1.50 bits per heavy atom. The van der Waals surface area contributed by atoms with E-state index in [1.54, 1.807) is 0 Å². The maximum atomic E-state index is 10.0. The van der Waals surface area contributed by atoms with Gasteiger partial charge in [-0.15, -0.1) is 0 Å². The third-order valence-electron chi connectivity index (χ3n) is 0.824. The lowest BCUT2D eigenvalue weighted by Gasteiger charge is -1.98. The van der Waals surface area contributed by atoms with Gasteiger partial charge < -0.3 is 5.11 Å². The number of carbonyl (C=O) groups is 1. The summed E-state index contributed by atoms with van der Waals surface area (Å²) in [5.74, 6) is -1.74. The Balaban J connectivity index is 5.00. The lowest BCUT2D eigenvalue weighted by Crippen LogP contribution is -2.25. The molecule has 48 valence electrons. The van der Waals surface area contributed by atoms with Crippen molar-refractivity contribution in [3.05, 3.63) is 0 Å². The molecule has 0 aromatic heterocycles. The smallest absolute Gasteiger partial charge is 0.353 e. The van der Waals surface area contributed by atoms with Crippen molar-refractivity contribution in [3.63, 3.8) is 0 Å². The first-order valence-electron chi connectivity index (χ1n) is 2.10. The minimum Gasteiger partial charge on any atom is -0.478 e. The van der Waals surface area contributed by atoms with Gasteiger partial charge in [0.2, 0.25) is 0 Å². The van der Waals surface area contributed by atoms with E-state index in [-0.39, 0.29) is 0 Å². The molecule has 0 saturated carbocycles. The summed E-state index contributed by atoms with van der Waals surface area (Å²) < 4.78 is 0. The highest BCUT2D eigenvalue weighted by Crippen LogP contribution is 2.11. The van der Waals surface area contributed by atoms with E-state index in [0.29, 0.717) is 0 Å². The summed E-state index contributed by atoms with van der Waals surface area (Å²) in [6.45, 7) is 0. The van der Waals surface area contributed by atoms with Crippen LogP contribution in [0.15, 0.2) is 0 Å². The number of hydrogen-bond acceptors (Lipinski definition) is 4. The highest BCUT2D eigenvalue weighted by molar-refractivity contribution is 5.85. The fraction of sp³-hybridized carbons (Fsp3) is 0.200. The van der Waals surface area contributed by atoms with E-state index in [4.69, 9.17) is 20.9 Å². The Hall–Kier alpha value is -2.06. The topological polar surface area (TPSA) is 109 Å². The van der Waals surface area contributed by atoms with Crippen molar-refractivity contribution in [1.29, 1.82) is 15.8 Å². The van der Waals surface area contributed by atoms with Gasteiger partial charge in [-0.05, 0) is 0 Å². The van der Waals surface area contributed by atoms with Crippen molar-refractivity contribution in [2.24, 2.45) is 5.41 Å². The second-order valence-electron chi connectivity index (χ2n) is 1.39. The van der Waals surface area contributed by atoms with Crippen LogP contribution in [0.1, 0.15) is 0 Å². The molecule has 0 rings (SSSR count). The predicted molar refractivity (Wildman–Crippen MR) is 26.9 cm³/mol. The Morgan fingerprint density at radius 1 is 1.20 bits per heavy atom. The Labute approximate surface area is 56.3 Å². The van der Waals surface area contributed by atoms with E-state index in [2.05, 4.69) is 0 Å². The van der Waals surface area contributed by atoms with Gasteiger partial charge in [0.25, 0.3) is 0 Å². The van der Waals surface area contributed by atoms with Crippen molar-refractivity contribution in [2.45, 2.75) is 0 Å². The van der Waals surface area contributed by atoms with Crippen LogP contribution in [0.5, 0.6) is 0 Å². The molecule has 5 nitrogen and oxygen atoms in total. The summed E-state index contributed by atoms with van der Waals surface area (Å²) in [5, 5.41) is 32.4. The normalized spacial score (nSPS) is 8.50. The van der Waals surface area contributed by atoms with Crippen LogP contribution in [0, 0.1) is 39.4 Å². The fourth-order valence-corrected chi connectivity index (χ4v) is 0.218. The van der Waals surface area contributed by atoms with E-state index < -0.39 is 11.4 Å². The maximum absolute atomic E-state index is 10.0. The number of carboxylic acids is 1. The zero-order valence-corrected chi connectivity index (χ0v) is 4.70. The minimum atomic E-state index is -2.54. The predicted octanol–water partition coefficient (Wildman–Crippen LogP) is -0.372. The van der Waals surface area contributed by atoms with Crippen LogP contribution in [0.4, 0.5) is 0 Å². The summed E-state index contributed by atoms with van der Waals surface area (Å²) in [6, 6.07) is 3.28. The second kappa shape index (κ2) is 2.48. The number of nitrogens with zero attached hydrogens (tertiary/aromatic N) is 3. The maximum Gasteiger partial charge on any atom is 0.353 e. The SMILES string of the molecule is N#CC(C#N)(C#N)C(=O)O. The first-order valence-corrected chi connectivity index (χ1v) is 2.10. The van der Waals surface area contributed by atoms with Gasteiger partial charge in [-0.25, -0.2) is 4.79 Å². The Kier molecular flexibility index (Phi) is 1.97. The van der Waals surface area contributed by atoms with Crippen LogP contribution in [-0.2, 0) is 4.79 Å². The van der Waals surface area contributed by atoms with Crippen molar-refractivity contribution < 1.29 is 9.90 Å². The quantitative estimate of drug-likeness (QED) is 0.527. The highest BCUT2D eigenvalue weighted by Gasteiger charge is 2.39. The lowest BCUT2D eigenvalue weighted by molar-refractivity contribution is -0.140. The number of hydrogen-bond donors (Lipinski definition) is 1. The molecule has 0 heterocycles. The highest BCUT2D eigenvalue weighted by atomic mass is 16.4. The fourth-order valence-electron chi connectivity index (χ4n) is 0.218. The van der Waals surface area contributed by atoms with Gasteiger partial charge in [0.15, 0.2) is 0 Å². The molecular weight excluding hydrogens is 134 g/mol. The molecule has 0 bridgehead atoms. The van der Waals surface area contributed by atoms with Gasteiger partial charge in [0, 0.05) is 0 Å². The van der Waals surface area contributed by atoms with Gasteiger partial charge in [0.1, 0.15) is 18.2 Å². The van der Waals surface area contributed by atoms with Crippen LogP contribution in [-0.4, -0.2) is 11.1 Å². The molecule has 0 fully saturated rings. The summed E-state index contributed by atoms with van der Waals surface area (Å²) in [4.78, 5) is 10.0. The van der Waals surface area contributed by atoms with Gasteiger partial charge in [-0.1, -0.05) is 0 Å². The van der Waals surface area contributed by atoms with Crippen molar-refractivity contribution in [1.82, 2.24) is 0 Å². The molecular formula is C5HN3O2. The average molecular weight is 135 g/mol.